The fraction of sp³-hybridized carbons (Fsp3) is 0.474. The molecule has 5 heteroatoms. The van der Waals surface area contributed by atoms with Crippen molar-refractivity contribution >= 4 is 11.6 Å². The van der Waals surface area contributed by atoms with Crippen LogP contribution in [0.3, 0.4) is 0 Å². The summed E-state index contributed by atoms with van der Waals surface area (Å²) in [5.41, 5.74) is 5.26. The van der Waals surface area contributed by atoms with E-state index in [9.17, 15) is 4.79 Å². The molecule has 1 atom stereocenters. The highest BCUT2D eigenvalue weighted by Crippen LogP contribution is 2.31. The van der Waals surface area contributed by atoms with Crippen molar-refractivity contribution in [2.24, 2.45) is 7.05 Å². The highest BCUT2D eigenvalue weighted by atomic mass is 16.2. The van der Waals surface area contributed by atoms with Gasteiger partial charge in [0, 0.05) is 13.1 Å². The second-order valence-electron chi connectivity index (χ2n) is 6.76. The summed E-state index contributed by atoms with van der Waals surface area (Å²) in [6.45, 7) is 7.39. The van der Waals surface area contributed by atoms with E-state index < -0.39 is 0 Å². The average molecular weight is 326 g/mol. The zero-order valence-corrected chi connectivity index (χ0v) is 15.0. The van der Waals surface area contributed by atoms with Gasteiger partial charge in [-0.2, -0.15) is 5.10 Å². The summed E-state index contributed by atoms with van der Waals surface area (Å²) in [6, 6.07) is 9.01. The number of aryl methyl sites for hydroxylation is 3. The number of hydrogen-bond acceptors (Lipinski definition) is 3. The molecule has 0 aliphatic carbocycles. The van der Waals surface area contributed by atoms with E-state index in [0.29, 0.717) is 12.6 Å². The second kappa shape index (κ2) is 6.77. The van der Waals surface area contributed by atoms with E-state index in [1.807, 2.05) is 20.9 Å². The molecular weight excluding hydrogens is 300 g/mol. The second-order valence-corrected chi connectivity index (χ2v) is 6.76. The Morgan fingerprint density at radius 2 is 1.96 bits per heavy atom. The number of aromatic nitrogens is 2. The summed E-state index contributed by atoms with van der Waals surface area (Å²) in [4.78, 5) is 14.8. The Balaban J connectivity index is 1.68. The molecule has 1 aromatic carbocycles. The lowest BCUT2D eigenvalue weighted by Crippen LogP contribution is -2.33. The van der Waals surface area contributed by atoms with Crippen LogP contribution < -0.4 is 5.32 Å². The number of benzene rings is 1. The van der Waals surface area contributed by atoms with Gasteiger partial charge in [-0.05, 0) is 45.7 Å². The van der Waals surface area contributed by atoms with Gasteiger partial charge in [0.05, 0.1) is 23.6 Å². The largest absolute Gasteiger partial charge is 0.322 e. The van der Waals surface area contributed by atoms with Crippen LogP contribution in [0.5, 0.6) is 0 Å². The fourth-order valence-electron chi connectivity index (χ4n) is 3.50. The number of carbonyl (C=O) groups excluding carboxylic acids is 1. The number of rotatable bonds is 4. The summed E-state index contributed by atoms with van der Waals surface area (Å²) in [5.74, 6) is 0.0354. The Morgan fingerprint density at radius 3 is 2.58 bits per heavy atom. The van der Waals surface area contributed by atoms with Gasteiger partial charge in [0.2, 0.25) is 5.91 Å². The minimum atomic E-state index is 0.0354. The normalized spacial score (nSPS) is 18.1. The van der Waals surface area contributed by atoms with Crippen molar-refractivity contribution in [1.29, 1.82) is 0 Å². The summed E-state index contributed by atoms with van der Waals surface area (Å²) in [6.07, 6.45) is 2.25. The Kier molecular flexibility index (Phi) is 4.71. The number of amides is 1. The highest BCUT2D eigenvalue weighted by Gasteiger charge is 2.27. The van der Waals surface area contributed by atoms with E-state index in [2.05, 4.69) is 46.5 Å². The number of anilines is 1. The van der Waals surface area contributed by atoms with Gasteiger partial charge in [-0.3, -0.25) is 14.4 Å². The van der Waals surface area contributed by atoms with Crippen molar-refractivity contribution in [3.63, 3.8) is 0 Å². The van der Waals surface area contributed by atoms with Gasteiger partial charge in [0.1, 0.15) is 0 Å². The van der Waals surface area contributed by atoms with Gasteiger partial charge < -0.3 is 5.32 Å². The maximum Gasteiger partial charge on any atom is 0.238 e. The quantitative estimate of drug-likeness (QED) is 0.939. The predicted molar refractivity (Wildman–Crippen MR) is 96.0 cm³/mol. The lowest BCUT2D eigenvalue weighted by Gasteiger charge is -2.24. The summed E-state index contributed by atoms with van der Waals surface area (Å²) in [5, 5.41) is 7.40. The molecule has 1 aliphatic rings. The zero-order chi connectivity index (χ0) is 17.3. The van der Waals surface area contributed by atoms with Gasteiger partial charge in [-0.15, -0.1) is 0 Å². The van der Waals surface area contributed by atoms with E-state index in [4.69, 9.17) is 0 Å². The molecule has 3 rings (SSSR count). The maximum absolute atomic E-state index is 12.5. The van der Waals surface area contributed by atoms with Gasteiger partial charge in [-0.1, -0.05) is 29.8 Å². The summed E-state index contributed by atoms with van der Waals surface area (Å²) < 4.78 is 1.80. The molecule has 2 heterocycles. The fourth-order valence-corrected chi connectivity index (χ4v) is 3.50. The maximum atomic E-state index is 12.5. The number of hydrogen-bond donors (Lipinski definition) is 1. The van der Waals surface area contributed by atoms with Crippen LogP contribution in [0.15, 0.2) is 24.3 Å². The zero-order valence-electron chi connectivity index (χ0n) is 15.0. The molecule has 0 saturated carbocycles. The highest BCUT2D eigenvalue weighted by molar-refractivity contribution is 5.93. The average Bonchev–Trinajstić information content (AvgIpc) is 3.08. The monoisotopic (exact) mass is 326 g/mol. The third kappa shape index (κ3) is 3.36. The van der Waals surface area contributed by atoms with Crippen LogP contribution in [0.2, 0.25) is 0 Å². The first kappa shape index (κ1) is 16.7. The molecule has 0 unspecified atom stereocenters. The molecule has 1 aromatic heterocycles. The molecule has 2 aromatic rings. The molecule has 1 aliphatic heterocycles. The Labute approximate surface area is 143 Å². The molecule has 0 bridgehead atoms. The van der Waals surface area contributed by atoms with E-state index in [1.54, 1.807) is 4.68 Å². The van der Waals surface area contributed by atoms with Crippen molar-refractivity contribution in [2.75, 3.05) is 18.4 Å². The van der Waals surface area contributed by atoms with Crippen molar-refractivity contribution in [3.8, 4) is 0 Å². The van der Waals surface area contributed by atoms with Crippen LogP contribution in [0.25, 0.3) is 0 Å². The molecular formula is C19H26N4O. The standard InChI is InChI=1S/C19H26N4O/c1-13-7-9-16(10-8-13)17-6-5-11-23(17)12-18(24)20-19-14(2)21-22(4)15(19)3/h7-10,17H,5-6,11-12H2,1-4H3,(H,20,24)/t17-/m1/s1. The molecule has 0 radical (unpaired) electrons. The molecule has 1 fully saturated rings. The van der Waals surface area contributed by atoms with Crippen molar-refractivity contribution in [1.82, 2.24) is 14.7 Å². The van der Waals surface area contributed by atoms with Gasteiger partial charge >= 0.3 is 0 Å². The van der Waals surface area contributed by atoms with Crippen molar-refractivity contribution in [2.45, 2.75) is 39.7 Å². The van der Waals surface area contributed by atoms with E-state index in [0.717, 1.165) is 36.5 Å². The van der Waals surface area contributed by atoms with Crippen LogP contribution >= 0.6 is 0 Å². The summed E-state index contributed by atoms with van der Waals surface area (Å²) in [7, 11) is 1.89. The smallest absolute Gasteiger partial charge is 0.238 e. The van der Waals surface area contributed by atoms with E-state index in [1.165, 1.54) is 11.1 Å². The minimum Gasteiger partial charge on any atom is -0.322 e. The first-order chi connectivity index (χ1) is 11.5. The third-order valence-corrected chi connectivity index (χ3v) is 4.95. The molecule has 0 spiro atoms. The predicted octanol–water partition coefficient (Wildman–Crippen LogP) is 3.12. The molecule has 1 N–H and O–H groups in total. The Bertz CT molecular complexity index is 733. The first-order valence-electron chi connectivity index (χ1n) is 8.56. The molecule has 1 saturated heterocycles. The Hall–Kier alpha value is -2.14. The van der Waals surface area contributed by atoms with Crippen LogP contribution in [0.4, 0.5) is 5.69 Å². The Morgan fingerprint density at radius 1 is 1.25 bits per heavy atom. The van der Waals surface area contributed by atoms with Crippen LogP contribution in [-0.4, -0.2) is 33.7 Å². The first-order valence-corrected chi connectivity index (χ1v) is 8.56. The van der Waals surface area contributed by atoms with Crippen LogP contribution in [0.1, 0.15) is 41.4 Å². The van der Waals surface area contributed by atoms with Gasteiger partial charge in [0.15, 0.2) is 0 Å². The van der Waals surface area contributed by atoms with Crippen molar-refractivity contribution < 1.29 is 4.79 Å². The molecule has 1 amide bonds. The minimum absolute atomic E-state index is 0.0354. The number of carbonyl (C=O) groups is 1. The van der Waals surface area contributed by atoms with Crippen molar-refractivity contribution in [3.05, 3.63) is 46.8 Å². The number of likely N-dealkylation sites (tertiary alicyclic amines) is 1. The van der Waals surface area contributed by atoms with Gasteiger partial charge in [-0.25, -0.2) is 0 Å². The lowest BCUT2D eigenvalue weighted by molar-refractivity contribution is -0.117. The van der Waals surface area contributed by atoms with Crippen LogP contribution in [-0.2, 0) is 11.8 Å². The van der Waals surface area contributed by atoms with Crippen LogP contribution in [0, 0.1) is 20.8 Å². The topological polar surface area (TPSA) is 50.2 Å². The molecule has 128 valence electrons. The number of nitrogens with one attached hydrogen (secondary N) is 1. The SMILES string of the molecule is Cc1ccc([C@H]2CCCN2CC(=O)Nc2c(C)nn(C)c2C)cc1. The number of nitrogens with zero attached hydrogens (tertiary/aromatic N) is 3. The molecule has 24 heavy (non-hydrogen) atoms. The lowest BCUT2D eigenvalue weighted by atomic mass is 10.0. The summed E-state index contributed by atoms with van der Waals surface area (Å²) >= 11 is 0. The van der Waals surface area contributed by atoms with E-state index in [-0.39, 0.29) is 5.91 Å². The molecule has 5 nitrogen and oxygen atoms in total. The van der Waals surface area contributed by atoms with Gasteiger partial charge in [0.25, 0.3) is 0 Å². The van der Waals surface area contributed by atoms with E-state index >= 15 is 0 Å². The third-order valence-electron chi connectivity index (χ3n) is 4.95.